The predicted molar refractivity (Wildman–Crippen MR) is 66.2 cm³/mol. The first-order valence-corrected chi connectivity index (χ1v) is 5.36. The summed E-state index contributed by atoms with van der Waals surface area (Å²) in [5.41, 5.74) is 7.27. The van der Waals surface area contributed by atoms with E-state index in [4.69, 9.17) is 5.73 Å². The number of nitrogens with zero attached hydrogens (tertiary/aromatic N) is 1. The smallest absolute Gasteiger partial charge is 0.0233 e. The predicted octanol–water partition coefficient (Wildman–Crippen LogP) is 2.03. The van der Waals surface area contributed by atoms with Gasteiger partial charge in [0.15, 0.2) is 0 Å². The minimum absolute atomic E-state index is 0. The number of hydrogen-bond acceptors (Lipinski definition) is 2. The first-order chi connectivity index (χ1) is 6.84. The number of halogens is 1. The van der Waals surface area contributed by atoms with E-state index >= 15 is 0 Å². The van der Waals surface area contributed by atoms with Crippen molar-refractivity contribution in [3.63, 3.8) is 0 Å². The maximum absolute atomic E-state index is 5.86. The normalized spacial score (nSPS) is 18.5. The Hall–Kier alpha value is -0.570. The van der Waals surface area contributed by atoms with E-state index in [1.165, 1.54) is 5.56 Å². The van der Waals surface area contributed by atoms with Crippen LogP contribution in [0.5, 0.6) is 0 Å². The van der Waals surface area contributed by atoms with Crippen LogP contribution in [0, 0.1) is 0 Å². The number of nitrogens with two attached hydrogens (primary N) is 1. The minimum Gasteiger partial charge on any atom is -0.328 e. The molecule has 1 heterocycles. The summed E-state index contributed by atoms with van der Waals surface area (Å²) < 4.78 is 0. The monoisotopic (exact) mass is 226 g/mol. The summed E-state index contributed by atoms with van der Waals surface area (Å²) in [7, 11) is 0. The van der Waals surface area contributed by atoms with Crippen LogP contribution in [0.4, 0.5) is 0 Å². The Bertz CT molecular complexity index is 268. The molecule has 15 heavy (non-hydrogen) atoms. The fraction of sp³-hybridized carbons (Fsp3) is 0.500. The molecule has 2 nitrogen and oxygen atoms in total. The van der Waals surface area contributed by atoms with Gasteiger partial charge in [0, 0.05) is 12.6 Å². The zero-order chi connectivity index (χ0) is 9.80. The number of benzene rings is 1. The van der Waals surface area contributed by atoms with Gasteiger partial charge in [-0.3, -0.25) is 4.90 Å². The fourth-order valence-electron chi connectivity index (χ4n) is 1.95. The summed E-state index contributed by atoms with van der Waals surface area (Å²) in [6, 6.07) is 11.1. The van der Waals surface area contributed by atoms with Gasteiger partial charge in [-0.1, -0.05) is 30.3 Å². The molecule has 0 aliphatic carbocycles. The highest BCUT2D eigenvalue weighted by Gasteiger charge is 2.15. The van der Waals surface area contributed by atoms with Crippen molar-refractivity contribution in [1.82, 2.24) is 4.90 Å². The third-order valence-corrected chi connectivity index (χ3v) is 2.88. The van der Waals surface area contributed by atoms with Crippen LogP contribution in [0.1, 0.15) is 18.4 Å². The number of piperidine rings is 1. The average molecular weight is 227 g/mol. The van der Waals surface area contributed by atoms with E-state index in [1.54, 1.807) is 0 Å². The summed E-state index contributed by atoms with van der Waals surface area (Å²) in [4.78, 5) is 2.48. The zero-order valence-electron chi connectivity index (χ0n) is 8.93. The molecule has 1 saturated heterocycles. The second-order valence-corrected chi connectivity index (χ2v) is 4.10. The third kappa shape index (κ3) is 3.82. The van der Waals surface area contributed by atoms with Crippen molar-refractivity contribution in [1.29, 1.82) is 0 Å². The Morgan fingerprint density at radius 3 is 2.33 bits per heavy atom. The molecule has 0 amide bonds. The molecule has 1 aromatic carbocycles. The molecule has 84 valence electrons. The van der Waals surface area contributed by atoms with Crippen LogP contribution >= 0.6 is 12.4 Å². The average Bonchev–Trinajstić information content (AvgIpc) is 2.23. The van der Waals surface area contributed by atoms with Crippen LogP contribution in [0.2, 0.25) is 0 Å². The molecule has 1 fully saturated rings. The molecule has 2 rings (SSSR count). The Kier molecular flexibility index (Phi) is 5.09. The van der Waals surface area contributed by atoms with Gasteiger partial charge in [0.25, 0.3) is 0 Å². The van der Waals surface area contributed by atoms with Crippen LogP contribution in [0.3, 0.4) is 0 Å². The molecule has 0 radical (unpaired) electrons. The van der Waals surface area contributed by atoms with Crippen molar-refractivity contribution in [3.8, 4) is 0 Å². The van der Waals surface area contributed by atoms with Crippen LogP contribution < -0.4 is 5.73 Å². The summed E-state index contributed by atoms with van der Waals surface area (Å²) in [6.07, 6.45) is 2.29. The molecule has 1 aliphatic heterocycles. The molecule has 2 N–H and O–H groups in total. The third-order valence-electron chi connectivity index (χ3n) is 2.88. The van der Waals surface area contributed by atoms with Crippen molar-refractivity contribution in [3.05, 3.63) is 35.9 Å². The van der Waals surface area contributed by atoms with Crippen molar-refractivity contribution in [2.75, 3.05) is 13.1 Å². The van der Waals surface area contributed by atoms with Gasteiger partial charge in [0.2, 0.25) is 0 Å². The van der Waals surface area contributed by atoms with E-state index in [1.807, 2.05) is 0 Å². The number of hydrogen-bond donors (Lipinski definition) is 1. The Labute approximate surface area is 97.9 Å². The van der Waals surface area contributed by atoms with Crippen LogP contribution in [-0.4, -0.2) is 24.0 Å². The van der Waals surface area contributed by atoms with Crippen molar-refractivity contribution in [2.45, 2.75) is 25.4 Å². The van der Waals surface area contributed by atoms with Crippen LogP contribution in [0.15, 0.2) is 30.3 Å². The minimum atomic E-state index is 0. The van der Waals surface area contributed by atoms with Gasteiger partial charge >= 0.3 is 0 Å². The van der Waals surface area contributed by atoms with Gasteiger partial charge in [0.1, 0.15) is 0 Å². The van der Waals surface area contributed by atoms with Crippen molar-refractivity contribution in [2.24, 2.45) is 5.73 Å². The molecular formula is C12H19ClN2. The first kappa shape index (κ1) is 12.5. The first-order valence-electron chi connectivity index (χ1n) is 5.36. The Morgan fingerprint density at radius 2 is 1.73 bits per heavy atom. The van der Waals surface area contributed by atoms with Gasteiger partial charge in [-0.15, -0.1) is 12.4 Å². The molecule has 0 unspecified atom stereocenters. The van der Waals surface area contributed by atoms with Gasteiger partial charge in [0.05, 0.1) is 0 Å². The van der Waals surface area contributed by atoms with E-state index in [9.17, 15) is 0 Å². The van der Waals surface area contributed by atoms with E-state index < -0.39 is 0 Å². The van der Waals surface area contributed by atoms with Crippen LogP contribution in [-0.2, 0) is 6.54 Å². The molecule has 1 aromatic rings. The highest BCUT2D eigenvalue weighted by atomic mass is 35.5. The van der Waals surface area contributed by atoms with Gasteiger partial charge < -0.3 is 5.73 Å². The number of rotatable bonds is 2. The van der Waals surface area contributed by atoms with Gasteiger partial charge in [-0.2, -0.15) is 0 Å². The lowest BCUT2D eigenvalue weighted by atomic mass is 10.1. The largest absolute Gasteiger partial charge is 0.328 e. The quantitative estimate of drug-likeness (QED) is 0.836. The molecule has 0 atom stereocenters. The van der Waals surface area contributed by atoms with E-state index in [-0.39, 0.29) is 12.4 Å². The maximum Gasteiger partial charge on any atom is 0.0233 e. The van der Waals surface area contributed by atoms with E-state index in [0.717, 1.165) is 32.5 Å². The maximum atomic E-state index is 5.86. The Morgan fingerprint density at radius 1 is 1.13 bits per heavy atom. The molecule has 3 heteroatoms. The molecule has 0 saturated carbocycles. The summed E-state index contributed by atoms with van der Waals surface area (Å²) >= 11 is 0. The lowest BCUT2D eigenvalue weighted by molar-refractivity contribution is 0.205. The second-order valence-electron chi connectivity index (χ2n) is 4.10. The molecule has 0 aromatic heterocycles. The fourth-order valence-corrected chi connectivity index (χ4v) is 1.95. The highest BCUT2D eigenvalue weighted by Crippen LogP contribution is 2.11. The molecular weight excluding hydrogens is 208 g/mol. The summed E-state index contributed by atoms with van der Waals surface area (Å²) in [5.74, 6) is 0. The SMILES string of the molecule is Cl.NC1CCN(Cc2ccccc2)CC1. The molecule has 0 bridgehead atoms. The van der Waals surface area contributed by atoms with Gasteiger partial charge in [-0.05, 0) is 31.5 Å². The molecule has 0 spiro atoms. The lowest BCUT2D eigenvalue weighted by Gasteiger charge is -2.29. The Balaban J connectivity index is 0.00000112. The number of likely N-dealkylation sites (tertiary alicyclic amines) is 1. The lowest BCUT2D eigenvalue weighted by Crippen LogP contribution is -2.39. The summed E-state index contributed by atoms with van der Waals surface area (Å²) in [5, 5.41) is 0. The highest BCUT2D eigenvalue weighted by molar-refractivity contribution is 5.85. The van der Waals surface area contributed by atoms with Crippen molar-refractivity contribution >= 4 is 12.4 Å². The topological polar surface area (TPSA) is 29.3 Å². The van der Waals surface area contributed by atoms with Gasteiger partial charge in [-0.25, -0.2) is 0 Å². The standard InChI is InChI=1S/C12H18N2.ClH/c13-12-6-8-14(9-7-12)10-11-4-2-1-3-5-11;/h1-5,12H,6-10,13H2;1H. The molecule has 1 aliphatic rings. The van der Waals surface area contributed by atoms with E-state index in [0.29, 0.717) is 6.04 Å². The van der Waals surface area contributed by atoms with Crippen molar-refractivity contribution < 1.29 is 0 Å². The summed E-state index contributed by atoms with van der Waals surface area (Å²) in [6.45, 7) is 3.37. The zero-order valence-corrected chi connectivity index (χ0v) is 9.75. The van der Waals surface area contributed by atoms with E-state index in [2.05, 4.69) is 35.2 Å². The van der Waals surface area contributed by atoms with Crippen LogP contribution in [0.25, 0.3) is 0 Å². The second kappa shape index (κ2) is 6.11.